The lowest BCUT2D eigenvalue weighted by atomic mass is 10.0. The number of alkyl halides is 3. The molecule has 1 N–H and O–H groups in total. The Hall–Kier alpha value is -4.74. The van der Waals surface area contributed by atoms with Crippen molar-refractivity contribution in [2.24, 2.45) is 0 Å². The minimum absolute atomic E-state index is 0.00557. The van der Waals surface area contributed by atoms with E-state index in [9.17, 15) is 27.3 Å². The number of cyclic esters (lactones) is 1. The Morgan fingerprint density at radius 2 is 1.43 bits per heavy atom. The van der Waals surface area contributed by atoms with Crippen molar-refractivity contribution in [1.29, 1.82) is 0 Å². The van der Waals surface area contributed by atoms with E-state index in [2.05, 4.69) is 4.98 Å². The second-order valence-electron chi connectivity index (χ2n) is 10.3. The number of fused-ring (bicyclic) bond motifs is 1. The molecule has 2 heterocycles. The second-order valence-corrected chi connectivity index (χ2v) is 11.9. The average molecular weight is 651 g/mol. The summed E-state index contributed by atoms with van der Waals surface area (Å²) < 4.78 is 76.7. The van der Waals surface area contributed by atoms with Gasteiger partial charge in [-0.2, -0.15) is 13.2 Å². The quantitative estimate of drug-likeness (QED) is 0.152. The molecule has 46 heavy (non-hydrogen) atoms. The lowest BCUT2D eigenvalue weighted by Crippen LogP contribution is -2.25. The Labute approximate surface area is 260 Å². The standard InChI is InChI=1S/C33H26F3N2O7P/c34-33(35,36)28-14-8-7-13-26(28)29-17-24-15-16-25(18-27(24)31(39)37-29)38-19-30(44-32(38)40)45-46(41,42-20-22-9-3-1-4-10-22)43-21-23-11-5-2-6-12-23/h1-18,30H,19-21H2,(H,37,39). The van der Waals surface area contributed by atoms with Gasteiger partial charge in [0, 0.05) is 22.3 Å². The SMILES string of the molecule is O=C1OC(OP(=O)(OCc2ccccc2)OCc2ccccc2)CN1c1ccc2cc(-c3ccccc3C(F)(F)F)[nH]c(=O)c2c1. The summed E-state index contributed by atoms with van der Waals surface area (Å²) in [6.45, 7) is -0.410. The monoisotopic (exact) mass is 650 g/mol. The molecule has 6 rings (SSSR count). The number of halogens is 3. The Morgan fingerprint density at radius 1 is 0.826 bits per heavy atom. The van der Waals surface area contributed by atoms with Crippen molar-refractivity contribution in [2.75, 3.05) is 11.4 Å². The van der Waals surface area contributed by atoms with Gasteiger partial charge in [0.2, 0.25) is 6.29 Å². The summed E-state index contributed by atoms with van der Waals surface area (Å²) in [4.78, 5) is 29.6. The number of hydrogen-bond donors (Lipinski definition) is 1. The van der Waals surface area contributed by atoms with E-state index >= 15 is 0 Å². The van der Waals surface area contributed by atoms with E-state index in [0.29, 0.717) is 16.5 Å². The number of H-pyrrole nitrogens is 1. The average Bonchev–Trinajstić information content (AvgIpc) is 3.42. The highest BCUT2D eigenvalue weighted by atomic mass is 31.2. The molecule has 1 amide bonds. The third kappa shape index (κ3) is 7.05. The molecule has 1 fully saturated rings. The zero-order chi connectivity index (χ0) is 32.3. The van der Waals surface area contributed by atoms with Gasteiger partial charge in [0.15, 0.2) is 0 Å². The number of anilines is 1. The molecule has 1 saturated heterocycles. The number of pyridine rings is 1. The van der Waals surface area contributed by atoms with Crippen molar-refractivity contribution >= 4 is 30.4 Å². The Morgan fingerprint density at radius 3 is 2.07 bits per heavy atom. The maximum atomic E-state index is 13.7. The zero-order valence-electron chi connectivity index (χ0n) is 24.0. The van der Waals surface area contributed by atoms with Gasteiger partial charge in [-0.25, -0.2) is 13.9 Å². The fourth-order valence-corrected chi connectivity index (χ4v) is 6.13. The first-order chi connectivity index (χ1) is 22.1. The third-order valence-corrected chi connectivity index (χ3v) is 8.54. The molecule has 1 atom stereocenters. The summed E-state index contributed by atoms with van der Waals surface area (Å²) in [7, 11) is -4.28. The summed E-state index contributed by atoms with van der Waals surface area (Å²) in [5.41, 5.74) is -0.0337. The minimum atomic E-state index is -4.62. The van der Waals surface area contributed by atoms with Crippen LogP contribution in [0.5, 0.6) is 0 Å². The summed E-state index contributed by atoms with van der Waals surface area (Å²) in [6, 6.07) is 28.7. The molecule has 13 heteroatoms. The van der Waals surface area contributed by atoms with Crippen LogP contribution in [0.25, 0.3) is 22.0 Å². The van der Waals surface area contributed by atoms with Crippen LogP contribution in [0.15, 0.2) is 114 Å². The molecule has 236 valence electrons. The van der Waals surface area contributed by atoms with E-state index in [1.807, 2.05) is 12.1 Å². The smallest absolute Gasteiger partial charge is 0.417 e. The largest absolute Gasteiger partial charge is 0.478 e. The number of hydrogen-bond acceptors (Lipinski definition) is 7. The van der Waals surface area contributed by atoms with Crippen LogP contribution in [0.3, 0.4) is 0 Å². The summed E-state index contributed by atoms with van der Waals surface area (Å²) in [5, 5.41) is 0.485. The second kappa shape index (κ2) is 12.9. The van der Waals surface area contributed by atoms with E-state index in [1.54, 1.807) is 48.5 Å². The number of nitrogens with one attached hydrogen (secondary N) is 1. The van der Waals surface area contributed by atoms with Gasteiger partial charge in [-0.1, -0.05) is 84.9 Å². The van der Waals surface area contributed by atoms with Gasteiger partial charge >= 0.3 is 20.1 Å². The van der Waals surface area contributed by atoms with Crippen LogP contribution in [0.4, 0.5) is 23.7 Å². The molecule has 1 aliphatic heterocycles. The van der Waals surface area contributed by atoms with Crippen LogP contribution < -0.4 is 10.5 Å². The lowest BCUT2D eigenvalue weighted by Gasteiger charge is -2.20. The molecule has 0 bridgehead atoms. The molecule has 1 aliphatic rings. The van der Waals surface area contributed by atoms with Crippen LogP contribution in [-0.2, 0) is 42.3 Å². The van der Waals surface area contributed by atoms with Crippen molar-refractivity contribution in [3.8, 4) is 11.3 Å². The molecular formula is C33H26F3N2O7P. The Kier molecular flexibility index (Phi) is 8.79. The molecule has 0 saturated carbocycles. The van der Waals surface area contributed by atoms with E-state index in [0.717, 1.165) is 6.07 Å². The number of carbonyl (C=O) groups excluding carboxylic acids is 1. The lowest BCUT2D eigenvalue weighted by molar-refractivity contribution is -0.137. The highest BCUT2D eigenvalue weighted by Gasteiger charge is 2.40. The molecule has 0 aliphatic carbocycles. The molecule has 1 aromatic heterocycles. The van der Waals surface area contributed by atoms with Gasteiger partial charge < -0.3 is 9.72 Å². The number of ether oxygens (including phenoxy) is 1. The normalized spacial score (nSPS) is 15.3. The summed E-state index contributed by atoms with van der Waals surface area (Å²) in [6.07, 6.45) is -6.81. The number of aromatic nitrogens is 1. The number of amides is 1. The highest BCUT2D eigenvalue weighted by Crippen LogP contribution is 2.53. The van der Waals surface area contributed by atoms with E-state index in [4.69, 9.17) is 18.3 Å². The third-order valence-electron chi connectivity index (χ3n) is 7.16. The predicted molar refractivity (Wildman–Crippen MR) is 164 cm³/mol. The van der Waals surface area contributed by atoms with Crippen molar-refractivity contribution < 1.29 is 40.8 Å². The van der Waals surface area contributed by atoms with Crippen LogP contribution in [-0.4, -0.2) is 23.9 Å². The maximum Gasteiger partial charge on any atom is 0.478 e. The van der Waals surface area contributed by atoms with Crippen LogP contribution in [0, 0.1) is 0 Å². The molecular weight excluding hydrogens is 624 g/mol. The Balaban J connectivity index is 1.21. The van der Waals surface area contributed by atoms with Crippen LogP contribution >= 0.6 is 7.82 Å². The van der Waals surface area contributed by atoms with Gasteiger partial charge in [-0.15, -0.1) is 0 Å². The number of nitrogens with zero attached hydrogens (tertiary/aromatic N) is 1. The highest BCUT2D eigenvalue weighted by molar-refractivity contribution is 7.48. The topological polar surface area (TPSA) is 107 Å². The first-order valence-corrected chi connectivity index (χ1v) is 15.5. The predicted octanol–water partition coefficient (Wildman–Crippen LogP) is 8.05. The molecule has 5 aromatic rings. The number of benzene rings is 4. The Bertz CT molecular complexity index is 1920. The number of phosphoric ester groups is 1. The van der Waals surface area contributed by atoms with E-state index < -0.39 is 37.5 Å². The zero-order valence-corrected chi connectivity index (χ0v) is 24.9. The van der Waals surface area contributed by atoms with Gasteiger partial charge in [-0.05, 0) is 40.8 Å². The first kappa shape index (κ1) is 31.3. The number of phosphoric acid groups is 1. The number of aromatic amines is 1. The van der Waals surface area contributed by atoms with Crippen molar-refractivity contribution in [3.05, 3.63) is 136 Å². The molecule has 4 aromatic carbocycles. The van der Waals surface area contributed by atoms with Crippen LogP contribution in [0.1, 0.15) is 16.7 Å². The number of rotatable bonds is 10. The van der Waals surface area contributed by atoms with Crippen molar-refractivity contribution in [1.82, 2.24) is 4.98 Å². The van der Waals surface area contributed by atoms with Crippen molar-refractivity contribution in [2.45, 2.75) is 25.7 Å². The van der Waals surface area contributed by atoms with Crippen LogP contribution in [0.2, 0.25) is 0 Å². The van der Waals surface area contributed by atoms with Gasteiger partial charge in [0.1, 0.15) is 0 Å². The fraction of sp³-hybridized carbons (Fsp3) is 0.152. The van der Waals surface area contributed by atoms with Crippen molar-refractivity contribution in [3.63, 3.8) is 0 Å². The first-order valence-electron chi connectivity index (χ1n) is 14.1. The fourth-order valence-electron chi connectivity index (χ4n) is 4.93. The van der Waals surface area contributed by atoms with E-state index in [1.165, 1.54) is 47.4 Å². The molecule has 0 spiro atoms. The van der Waals surface area contributed by atoms with E-state index in [-0.39, 0.29) is 42.1 Å². The van der Waals surface area contributed by atoms with Gasteiger partial charge in [0.25, 0.3) is 5.56 Å². The molecule has 1 unspecified atom stereocenters. The number of carbonyl (C=O) groups is 1. The maximum absolute atomic E-state index is 13.7. The minimum Gasteiger partial charge on any atom is -0.417 e. The molecule has 0 radical (unpaired) electrons. The summed E-state index contributed by atoms with van der Waals surface area (Å²) in [5.74, 6) is 0. The molecule has 9 nitrogen and oxygen atoms in total. The van der Waals surface area contributed by atoms with Gasteiger partial charge in [0.05, 0.1) is 25.3 Å². The van der Waals surface area contributed by atoms with Gasteiger partial charge in [-0.3, -0.25) is 18.7 Å². The summed E-state index contributed by atoms with van der Waals surface area (Å²) >= 11 is 0.